The predicted octanol–water partition coefficient (Wildman–Crippen LogP) is 4.94. The van der Waals surface area contributed by atoms with Crippen LogP contribution in [-0.4, -0.2) is 41.6 Å². The smallest absolute Gasteiger partial charge is 0.272 e. The number of nitrogens with zero attached hydrogens (tertiary/aromatic N) is 4. The summed E-state index contributed by atoms with van der Waals surface area (Å²) in [5.74, 6) is 0.844. The van der Waals surface area contributed by atoms with E-state index in [-0.39, 0.29) is 5.91 Å². The summed E-state index contributed by atoms with van der Waals surface area (Å²) in [5.41, 5.74) is 4.78. The molecule has 0 atom stereocenters. The Bertz CT molecular complexity index is 1260. The van der Waals surface area contributed by atoms with Gasteiger partial charge in [0.25, 0.3) is 5.91 Å². The van der Waals surface area contributed by atoms with E-state index in [0.29, 0.717) is 11.4 Å². The van der Waals surface area contributed by atoms with Crippen LogP contribution >= 0.6 is 0 Å². The van der Waals surface area contributed by atoms with Gasteiger partial charge in [0.2, 0.25) is 0 Å². The van der Waals surface area contributed by atoms with E-state index in [1.54, 1.807) is 6.20 Å². The number of rotatable bonds is 5. The van der Waals surface area contributed by atoms with Gasteiger partial charge in [0, 0.05) is 49.3 Å². The van der Waals surface area contributed by atoms with Gasteiger partial charge in [0.1, 0.15) is 11.5 Å². The minimum Gasteiger partial charge on any atom is -0.368 e. The van der Waals surface area contributed by atoms with Crippen molar-refractivity contribution in [1.82, 2.24) is 9.55 Å². The lowest BCUT2D eigenvalue weighted by Crippen LogP contribution is -2.46. The van der Waals surface area contributed by atoms with Crippen molar-refractivity contribution in [3.8, 4) is 0 Å². The molecule has 0 bridgehead atoms. The lowest BCUT2D eigenvalue weighted by Gasteiger charge is -2.36. The van der Waals surface area contributed by atoms with Crippen LogP contribution in [0.2, 0.25) is 0 Å². The van der Waals surface area contributed by atoms with Crippen molar-refractivity contribution in [3.63, 3.8) is 0 Å². The molecule has 1 saturated heterocycles. The first-order valence-electron chi connectivity index (χ1n) is 11.6. The largest absolute Gasteiger partial charge is 0.368 e. The molecule has 6 heteroatoms. The average Bonchev–Trinajstić information content (AvgIpc) is 3.17. The number of piperazine rings is 1. The predicted molar refractivity (Wildman–Crippen MR) is 135 cm³/mol. The standard InChI is InChI=1S/C27H29N5O/c1-3-32-24-12-8-7-11-23(24)20(2)26(32)27(33)29-21-13-14-25(28-19-21)31-17-15-30(16-18-31)22-9-5-4-6-10-22/h4-14,19H,3,15-18H2,1-2H3,(H,29,33). The molecule has 1 fully saturated rings. The molecule has 1 aliphatic heterocycles. The van der Waals surface area contributed by atoms with Crippen LogP contribution in [0.5, 0.6) is 0 Å². The number of benzene rings is 2. The van der Waals surface area contributed by atoms with E-state index in [9.17, 15) is 4.79 Å². The fourth-order valence-electron chi connectivity index (χ4n) is 4.77. The number of hydrogen-bond donors (Lipinski definition) is 1. The molecule has 1 N–H and O–H groups in total. The fourth-order valence-corrected chi connectivity index (χ4v) is 4.77. The first-order chi connectivity index (χ1) is 16.2. The maximum absolute atomic E-state index is 13.2. The molecule has 0 radical (unpaired) electrons. The number of hydrogen-bond acceptors (Lipinski definition) is 4. The topological polar surface area (TPSA) is 53.4 Å². The Morgan fingerprint density at radius 3 is 2.30 bits per heavy atom. The zero-order valence-corrected chi connectivity index (χ0v) is 19.2. The van der Waals surface area contributed by atoms with Crippen LogP contribution in [0.15, 0.2) is 72.9 Å². The molecule has 168 valence electrons. The van der Waals surface area contributed by atoms with Crippen LogP contribution in [-0.2, 0) is 6.54 Å². The van der Waals surface area contributed by atoms with Gasteiger partial charge >= 0.3 is 0 Å². The summed E-state index contributed by atoms with van der Waals surface area (Å²) in [6, 6.07) is 22.6. The lowest BCUT2D eigenvalue weighted by atomic mass is 10.1. The van der Waals surface area contributed by atoms with Crippen LogP contribution in [0.1, 0.15) is 23.0 Å². The average molecular weight is 440 g/mol. The molecule has 33 heavy (non-hydrogen) atoms. The van der Waals surface area contributed by atoms with E-state index in [1.807, 2.05) is 37.3 Å². The second kappa shape index (κ2) is 8.98. The highest BCUT2D eigenvalue weighted by Gasteiger charge is 2.21. The SMILES string of the molecule is CCn1c(C(=O)Nc2ccc(N3CCN(c4ccccc4)CC3)nc2)c(C)c2ccccc21. The van der Waals surface area contributed by atoms with E-state index >= 15 is 0 Å². The zero-order valence-electron chi connectivity index (χ0n) is 19.2. The number of aromatic nitrogens is 2. The van der Waals surface area contributed by atoms with Gasteiger partial charge < -0.3 is 19.7 Å². The number of para-hydroxylation sites is 2. The molecule has 3 heterocycles. The number of aryl methyl sites for hydroxylation is 2. The van der Waals surface area contributed by atoms with E-state index in [4.69, 9.17) is 0 Å². The Balaban J connectivity index is 1.27. The Labute approximate surface area is 194 Å². The Kier molecular flexibility index (Phi) is 5.73. The van der Waals surface area contributed by atoms with Crippen molar-refractivity contribution in [1.29, 1.82) is 0 Å². The number of carbonyl (C=O) groups excluding carboxylic acids is 1. The van der Waals surface area contributed by atoms with Gasteiger partial charge in [0.05, 0.1) is 11.9 Å². The van der Waals surface area contributed by atoms with Crippen molar-refractivity contribution in [2.24, 2.45) is 0 Å². The summed E-state index contributed by atoms with van der Waals surface area (Å²) in [4.78, 5) is 22.5. The van der Waals surface area contributed by atoms with Crippen molar-refractivity contribution in [2.45, 2.75) is 20.4 Å². The Morgan fingerprint density at radius 2 is 1.61 bits per heavy atom. The van der Waals surface area contributed by atoms with Crippen molar-refractivity contribution in [3.05, 3.63) is 84.2 Å². The Hall–Kier alpha value is -3.80. The van der Waals surface area contributed by atoms with Crippen molar-refractivity contribution in [2.75, 3.05) is 41.3 Å². The normalized spacial score (nSPS) is 14.0. The molecule has 6 nitrogen and oxygen atoms in total. The highest BCUT2D eigenvalue weighted by Crippen LogP contribution is 2.27. The third-order valence-corrected chi connectivity index (χ3v) is 6.49. The minimum atomic E-state index is -0.100. The third-order valence-electron chi connectivity index (χ3n) is 6.49. The number of carbonyl (C=O) groups is 1. The molecule has 5 rings (SSSR count). The first-order valence-corrected chi connectivity index (χ1v) is 11.6. The Morgan fingerprint density at radius 1 is 0.909 bits per heavy atom. The van der Waals surface area contributed by atoms with Crippen LogP contribution in [0, 0.1) is 6.92 Å². The molecule has 0 unspecified atom stereocenters. The summed E-state index contributed by atoms with van der Waals surface area (Å²) in [6.07, 6.45) is 1.76. The fraction of sp³-hybridized carbons (Fsp3) is 0.259. The number of nitrogens with one attached hydrogen (secondary N) is 1. The molecule has 0 saturated carbocycles. The maximum Gasteiger partial charge on any atom is 0.272 e. The van der Waals surface area contributed by atoms with Crippen LogP contribution in [0.3, 0.4) is 0 Å². The van der Waals surface area contributed by atoms with Gasteiger partial charge in [-0.1, -0.05) is 36.4 Å². The molecule has 0 spiro atoms. The number of pyridine rings is 1. The van der Waals surface area contributed by atoms with Gasteiger partial charge in [0.15, 0.2) is 0 Å². The summed E-state index contributed by atoms with van der Waals surface area (Å²) < 4.78 is 2.08. The van der Waals surface area contributed by atoms with E-state index in [1.165, 1.54) is 5.69 Å². The molecule has 2 aromatic heterocycles. The quantitative estimate of drug-likeness (QED) is 0.478. The zero-order chi connectivity index (χ0) is 22.8. The molecule has 4 aromatic rings. The number of anilines is 3. The molecule has 1 amide bonds. The second-order valence-electron chi connectivity index (χ2n) is 8.40. The summed E-state index contributed by atoms with van der Waals surface area (Å²) in [7, 11) is 0. The van der Waals surface area contributed by atoms with Crippen LogP contribution in [0.25, 0.3) is 10.9 Å². The van der Waals surface area contributed by atoms with Gasteiger partial charge in [-0.2, -0.15) is 0 Å². The number of fused-ring (bicyclic) bond motifs is 1. The van der Waals surface area contributed by atoms with Crippen molar-refractivity contribution < 1.29 is 4.79 Å². The highest BCUT2D eigenvalue weighted by molar-refractivity contribution is 6.08. The molecular weight excluding hydrogens is 410 g/mol. The lowest BCUT2D eigenvalue weighted by molar-refractivity contribution is 0.101. The van der Waals surface area contributed by atoms with E-state index < -0.39 is 0 Å². The molecule has 0 aliphatic carbocycles. The van der Waals surface area contributed by atoms with E-state index in [0.717, 1.165) is 55.0 Å². The molecular formula is C27H29N5O. The first kappa shape index (κ1) is 21.1. The van der Waals surface area contributed by atoms with Crippen LogP contribution in [0.4, 0.5) is 17.2 Å². The van der Waals surface area contributed by atoms with Gasteiger partial charge in [-0.3, -0.25) is 4.79 Å². The molecule has 2 aromatic carbocycles. The highest BCUT2D eigenvalue weighted by atomic mass is 16.2. The monoisotopic (exact) mass is 439 g/mol. The molecule has 1 aliphatic rings. The number of amides is 1. The van der Waals surface area contributed by atoms with Gasteiger partial charge in [-0.25, -0.2) is 4.98 Å². The summed E-state index contributed by atoms with van der Waals surface area (Å²) in [6.45, 7) is 8.59. The third kappa shape index (κ3) is 4.04. The van der Waals surface area contributed by atoms with Crippen molar-refractivity contribution >= 4 is 34.0 Å². The second-order valence-corrected chi connectivity index (χ2v) is 8.40. The summed E-state index contributed by atoms with van der Waals surface area (Å²) >= 11 is 0. The van der Waals surface area contributed by atoms with Gasteiger partial charge in [-0.15, -0.1) is 0 Å². The van der Waals surface area contributed by atoms with E-state index in [2.05, 4.69) is 68.0 Å². The minimum absolute atomic E-state index is 0.100. The maximum atomic E-state index is 13.2. The van der Waals surface area contributed by atoms with Crippen LogP contribution < -0.4 is 15.1 Å². The van der Waals surface area contributed by atoms with Gasteiger partial charge in [-0.05, 0) is 49.7 Å². The summed E-state index contributed by atoms with van der Waals surface area (Å²) in [5, 5.41) is 4.16.